The van der Waals surface area contributed by atoms with E-state index in [2.05, 4.69) is 5.16 Å². The highest BCUT2D eigenvalue weighted by atomic mass is 35.5. The Bertz CT molecular complexity index is 532. The Morgan fingerprint density at radius 3 is 2.81 bits per heavy atom. The van der Waals surface area contributed by atoms with E-state index in [-0.39, 0.29) is 0 Å². The summed E-state index contributed by atoms with van der Waals surface area (Å²) < 4.78 is 5.44. The van der Waals surface area contributed by atoms with Crippen molar-refractivity contribution in [1.82, 2.24) is 0 Å². The minimum absolute atomic E-state index is 0.495. The Morgan fingerprint density at radius 1 is 1.31 bits per heavy atom. The number of hydrogen-bond donors (Lipinski definition) is 1. The normalized spacial score (nSPS) is 11.1. The van der Waals surface area contributed by atoms with Gasteiger partial charge in [0.2, 0.25) is 0 Å². The highest BCUT2D eigenvalue weighted by molar-refractivity contribution is 6.31. The standard InChI is InChI=1S/C12H10ClNO2/c1-8-2-3-9(6-11(8)13)12-5-4-10(16-12)7-14-15/h2-7,15H,1H3. The Balaban J connectivity index is 2.38. The fraction of sp³-hybridized carbons (Fsp3) is 0.0833. The Hall–Kier alpha value is -1.74. The molecular weight excluding hydrogens is 226 g/mol. The second kappa shape index (κ2) is 4.41. The van der Waals surface area contributed by atoms with Gasteiger partial charge in [0.15, 0.2) is 0 Å². The lowest BCUT2D eigenvalue weighted by atomic mass is 10.1. The molecule has 1 aromatic carbocycles. The second-order valence-electron chi connectivity index (χ2n) is 3.41. The maximum atomic E-state index is 8.37. The molecule has 82 valence electrons. The van der Waals surface area contributed by atoms with Gasteiger partial charge in [0, 0.05) is 10.6 Å². The number of aryl methyl sites for hydroxylation is 1. The molecule has 2 rings (SSSR count). The summed E-state index contributed by atoms with van der Waals surface area (Å²) in [4.78, 5) is 0. The summed E-state index contributed by atoms with van der Waals surface area (Å²) in [6.07, 6.45) is 1.24. The van der Waals surface area contributed by atoms with Crippen LogP contribution in [-0.4, -0.2) is 11.4 Å². The summed E-state index contributed by atoms with van der Waals surface area (Å²) in [6, 6.07) is 9.23. The smallest absolute Gasteiger partial charge is 0.149 e. The van der Waals surface area contributed by atoms with Crippen LogP contribution in [0.4, 0.5) is 0 Å². The highest BCUT2D eigenvalue weighted by Crippen LogP contribution is 2.26. The zero-order chi connectivity index (χ0) is 11.5. The molecule has 0 aliphatic rings. The molecule has 1 N–H and O–H groups in total. The highest BCUT2D eigenvalue weighted by Gasteiger charge is 2.05. The van der Waals surface area contributed by atoms with Crippen LogP contribution in [0.1, 0.15) is 11.3 Å². The molecule has 0 aliphatic carbocycles. The van der Waals surface area contributed by atoms with Crippen molar-refractivity contribution in [2.24, 2.45) is 5.16 Å². The molecule has 1 heterocycles. The molecule has 0 unspecified atom stereocenters. The first-order chi connectivity index (χ1) is 7.70. The third kappa shape index (κ3) is 2.09. The average Bonchev–Trinajstić information content (AvgIpc) is 2.71. The molecule has 0 aliphatic heterocycles. The molecule has 3 nitrogen and oxygen atoms in total. The number of hydrogen-bond acceptors (Lipinski definition) is 3. The molecule has 1 aromatic heterocycles. The van der Waals surface area contributed by atoms with Crippen molar-refractivity contribution in [1.29, 1.82) is 0 Å². The van der Waals surface area contributed by atoms with E-state index >= 15 is 0 Å². The van der Waals surface area contributed by atoms with Gasteiger partial charge in [-0.1, -0.05) is 28.9 Å². The van der Waals surface area contributed by atoms with Gasteiger partial charge in [-0.2, -0.15) is 0 Å². The van der Waals surface area contributed by atoms with Gasteiger partial charge in [-0.15, -0.1) is 0 Å². The van der Waals surface area contributed by atoms with Gasteiger partial charge in [-0.25, -0.2) is 0 Å². The molecule has 0 saturated heterocycles. The summed E-state index contributed by atoms with van der Waals surface area (Å²) in [7, 11) is 0. The topological polar surface area (TPSA) is 45.7 Å². The number of rotatable bonds is 2. The van der Waals surface area contributed by atoms with Crippen molar-refractivity contribution in [2.45, 2.75) is 6.92 Å². The summed E-state index contributed by atoms with van der Waals surface area (Å²) in [5, 5.41) is 12.0. The number of halogens is 1. The van der Waals surface area contributed by atoms with Gasteiger partial charge in [0.05, 0.1) is 0 Å². The van der Waals surface area contributed by atoms with E-state index < -0.39 is 0 Å². The van der Waals surface area contributed by atoms with Crippen LogP contribution in [0.25, 0.3) is 11.3 Å². The van der Waals surface area contributed by atoms with Gasteiger partial charge in [0.1, 0.15) is 17.7 Å². The van der Waals surface area contributed by atoms with Crippen molar-refractivity contribution in [3.8, 4) is 11.3 Å². The van der Waals surface area contributed by atoms with Crippen LogP contribution in [0.2, 0.25) is 5.02 Å². The van der Waals surface area contributed by atoms with Crippen LogP contribution in [-0.2, 0) is 0 Å². The van der Waals surface area contributed by atoms with Gasteiger partial charge in [-0.05, 0) is 30.7 Å². The second-order valence-corrected chi connectivity index (χ2v) is 3.82. The number of nitrogens with zero attached hydrogens (tertiary/aromatic N) is 1. The molecule has 0 radical (unpaired) electrons. The lowest BCUT2D eigenvalue weighted by molar-refractivity contribution is 0.321. The van der Waals surface area contributed by atoms with Gasteiger partial charge in [0.25, 0.3) is 0 Å². The SMILES string of the molecule is Cc1ccc(-c2ccc(C=NO)o2)cc1Cl. The number of oxime groups is 1. The van der Waals surface area contributed by atoms with Gasteiger partial charge < -0.3 is 9.62 Å². The van der Waals surface area contributed by atoms with Gasteiger partial charge >= 0.3 is 0 Å². The molecule has 0 fully saturated rings. The van der Waals surface area contributed by atoms with Crippen LogP contribution in [0.5, 0.6) is 0 Å². The van der Waals surface area contributed by atoms with E-state index in [4.69, 9.17) is 21.2 Å². The van der Waals surface area contributed by atoms with Crippen molar-refractivity contribution in [2.75, 3.05) is 0 Å². The molecule has 16 heavy (non-hydrogen) atoms. The molecule has 0 saturated carbocycles. The molecule has 2 aromatic rings. The monoisotopic (exact) mass is 235 g/mol. The van der Waals surface area contributed by atoms with Crippen LogP contribution in [0.15, 0.2) is 39.9 Å². The predicted molar refractivity (Wildman–Crippen MR) is 63.3 cm³/mol. The quantitative estimate of drug-likeness (QED) is 0.490. The first-order valence-corrected chi connectivity index (χ1v) is 5.12. The first-order valence-electron chi connectivity index (χ1n) is 4.74. The van der Waals surface area contributed by atoms with Crippen molar-refractivity contribution >= 4 is 17.8 Å². The van der Waals surface area contributed by atoms with Crippen molar-refractivity contribution in [3.63, 3.8) is 0 Å². The molecule has 0 atom stereocenters. The van der Waals surface area contributed by atoms with E-state index in [0.717, 1.165) is 11.1 Å². The molecule has 4 heteroatoms. The number of furan rings is 1. The summed E-state index contributed by atoms with van der Waals surface area (Å²) >= 11 is 6.02. The minimum atomic E-state index is 0.495. The third-order valence-electron chi connectivity index (χ3n) is 2.27. The Labute approximate surface area is 98.0 Å². The van der Waals surface area contributed by atoms with E-state index in [0.29, 0.717) is 16.5 Å². The molecule has 0 bridgehead atoms. The summed E-state index contributed by atoms with van der Waals surface area (Å²) in [6.45, 7) is 1.94. The van der Waals surface area contributed by atoms with E-state index in [1.54, 1.807) is 12.1 Å². The summed E-state index contributed by atoms with van der Waals surface area (Å²) in [5.41, 5.74) is 1.92. The Morgan fingerprint density at radius 2 is 2.12 bits per heavy atom. The lowest BCUT2D eigenvalue weighted by Gasteiger charge is -2.00. The van der Waals surface area contributed by atoms with Crippen molar-refractivity contribution < 1.29 is 9.62 Å². The predicted octanol–water partition coefficient (Wildman–Crippen LogP) is 3.72. The maximum Gasteiger partial charge on any atom is 0.149 e. The molecule has 0 amide bonds. The van der Waals surface area contributed by atoms with E-state index in [9.17, 15) is 0 Å². The van der Waals surface area contributed by atoms with E-state index in [1.807, 2.05) is 25.1 Å². The zero-order valence-electron chi connectivity index (χ0n) is 8.64. The molecular formula is C12H10ClNO2. The summed E-state index contributed by atoms with van der Waals surface area (Å²) in [5.74, 6) is 1.19. The largest absolute Gasteiger partial charge is 0.455 e. The zero-order valence-corrected chi connectivity index (χ0v) is 9.40. The fourth-order valence-electron chi connectivity index (χ4n) is 1.38. The first kappa shape index (κ1) is 10.8. The lowest BCUT2D eigenvalue weighted by Crippen LogP contribution is -1.78. The number of benzene rings is 1. The average molecular weight is 236 g/mol. The van der Waals surface area contributed by atoms with Crippen LogP contribution < -0.4 is 0 Å². The third-order valence-corrected chi connectivity index (χ3v) is 2.68. The van der Waals surface area contributed by atoms with Gasteiger partial charge in [-0.3, -0.25) is 0 Å². The fourth-order valence-corrected chi connectivity index (χ4v) is 1.56. The molecule has 0 spiro atoms. The van der Waals surface area contributed by atoms with Crippen molar-refractivity contribution in [3.05, 3.63) is 46.7 Å². The minimum Gasteiger partial charge on any atom is -0.455 e. The Kier molecular flexibility index (Phi) is 2.97. The van der Waals surface area contributed by atoms with Crippen LogP contribution >= 0.6 is 11.6 Å². The maximum absolute atomic E-state index is 8.37. The van der Waals surface area contributed by atoms with Crippen LogP contribution in [0, 0.1) is 6.92 Å². The van der Waals surface area contributed by atoms with E-state index in [1.165, 1.54) is 6.21 Å². The van der Waals surface area contributed by atoms with Crippen LogP contribution in [0.3, 0.4) is 0 Å².